The van der Waals surface area contributed by atoms with Crippen molar-refractivity contribution < 1.29 is 0 Å². The number of hydrogen-bond acceptors (Lipinski definition) is 4. The van der Waals surface area contributed by atoms with E-state index < -0.39 is 0 Å². The number of hydrogen-bond donors (Lipinski definition) is 2. The molecule has 0 unspecified atom stereocenters. The number of halogens is 1. The van der Waals surface area contributed by atoms with Crippen LogP contribution < -0.4 is 11.1 Å². The lowest BCUT2D eigenvalue weighted by Crippen LogP contribution is -2.09. The highest BCUT2D eigenvalue weighted by atomic mass is 127. The van der Waals surface area contributed by atoms with Crippen LogP contribution in [0.15, 0.2) is 24.5 Å². The standard InChI is InChI=1S/C11H14IN5/c1-17-7-15-16-11(17)4-5-14-10-3-2-8(12)6-9(10)13/h2-3,6-7,14H,4-5,13H2,1H3. The molecule has 1 aromatic heterocycles. The van der Waals surface area contributed by atoms with Crippen LogP contribution in [0.25, 0.3) is 0 Å². The van der Waals surface area contributed by atoms with Crippen LogP contribution in [0.5, 0.6) is 0 Å². The Hall–Kier alpha value is -1.31. The van der Waals surface area contributed by atoms with Crippen LogP contribution in [0.2, 0.25) is 0 Å². The van der Waals surface area contributed by atoms with Crippen LogP contribution in [0.4, 0.5) is 11.4 Å². The van der Waals surface area contributed by atoms with E-state index in [2.05, 4.69) is 38.1 Å². The summed E-state index contributed by atoms with van der Waals surface area (Å²) in [5, 5.41) is 11.2. The fourth-order valence-electron chi connectivity index (χ4n) is 1.54. The van der Waals surface area contributed by atoms with Crippen LogP contribution in [0, 0.1) is 3.57 Å². The molecule has 0 saturated carbocycles. The summed E-state index contributed by atoms with van der Waals surface area (Å²) in [7, 11) is 1.94. The van der Waals surface area contributed by atoms with E-state index in [0.29, 0.717) is 0 Å². The Bertz CT molecular complexity index is 508. The second kappa shape index (κ2) is 5.35. The monoisotopic (exact) mass is 343 g/mol. The molecule has 1 heterocycles. The first-order valence-electron chi connectivity index (χ1n) is 5.28. The lowest BCUT2D eigenvalue weighted by Gasteiger charge is -2.09. The van der Waals surface area contributed by atoms with Gasteiger partial charge in [-0.15, -0.1) is 10.2 Å². The molecule has 0 bridgehead atoms. The molecule has 0 aliphatic rings. The van der Waals surface area contributed by atoms with Crippen LogP contribution in [-0.2, 0) is 13.5 Å². The summed E-state index contributed by atoms with van der Waals surface area (Å²) >= 11 is 2.24. The Morgan fingerprint density at radius 1 is 1.47 bits per heavy atom. The third-order valence-corrected chi connectivity index (χ3v) is 3.15. The molecule has 3 N–H and O–H groups in total. The Balaban J connectivity index is 1.92. The number of aromatic nitrogens is 3. The Kier molecular flexibility index (Phi) is 3.82. The number of rotatable bonds is 4. The largest absolute Gasteiger partial charge is 0.397 e. The van der Waals surface area contributed by atoms with Crippen LogP contribution in [0.3, 0.4) is 0 Å². The molecule has 0 radical (unpaired) electrons. The molecule has 0 saturated heterocycles. The summed E-state index contributed by atoms with van der Waals surface area (Å²) in [4.78, 5) is 0. The number of nitrogens with one attached hydrogen (secondary N) is 1. The average Bonchev–Trinajstić information content (AvgIpc) is 2.68. The molecule has 0 atom stereocenters. The van der Waals surface area contributed by atoms with Gasteiger partial charge in [-0.2, -0.15) is 0 Å². The predicted octanol–water partition coefficient (Wildman–Crippen LogP) is 1.66. The quantitative estimate of drug-likeness (QED) is 0.654. The number of anilines is 2. The molecule has 0 amide bonds. The molecule has 0 aliphatic heterocycles. The fourth-order valence-corrected chi connectivity index (χ4v) is 2.05. The van der Waals surface area contributed by atoms with Gasteiger partial charge in [0.15, 0.2) is 0 Å². The molecule has 2 rings (SSSR count). The normalized spacial score (nSPS) is 10.5. The van der Waals surface area contributed by atoms with Crippen molar-refractivity contribution in [1.29, 1.82) is 0 Å². The van der Waals surface area contributed by atoms with Crippen molar-refractivity contribution in [3.05, 3.63) is 33.9 Å². The third-order valence-electron chi connectivity index (χ3n) is 2.48. The number of nitrogens with two attached hydrogens (primary N) is 1. The van der Waals surface area contributed by atoms with Gasteiger partial charge >= 0.3 is 0 Å². The van der Waals surface area contributed by atoms with Crippen LogP contribution in [0.1, 0.15) is 5.82 Å². The van der Waals surface area contributed by atoms with Crippen molar-refractivity contribution in [1.82, 2.24) is 14.8 Å². The first-order chi connectivity index (χ1) is 8.16. The summed E-state index contributed by atoms with van der Waals surface area (Å²) in [5.74, 6) is 0.960. The zero-order valence-corrected chi connectivity index (χ0v) is 11.7. The fraction of sp³-hybridized carbons (Fsp3) is 0.273. The first-order valence-corrected chi connectivity index (χ1v) is 6.36. The minimum absolute atomic E-state index is 0.773. The van der Waals surface area contributed by atoms with E-state index in [1.54, 1.807) is 6.33 Å². The number of nitrogen functional groups attached to an aromatic ring is 1. The second-order valence-corrected chi connectivity index (χ2v) is 5.01. The Morgan fingerprint density at radius 3 is 2.94 bits per heavy atom. The van der Waals surface area contributed by atoms with Gasteiger partial charge in [0, 0.05) is 23.6 Å². The van der Waals surface area contributed by atoms with Crippen LogP contribution >= 0.6 is 22.6 Å². The van der Waals surface area contributed by atoms with Gasteiger partial charge < -0.3 is 15.6 Å². The van der Waals surface area contributed by atoms with Crippen molar-refractivity contribution in [2.45, 2.75) is 6.42 Å². The minimum Gasteiger partial charge on any atom is -0.397 e. The van der Waals surface area contributed by atoms with Crippen molar-refractivity contribution in [2.24, 2.45) is 7.05 Å². The maximum absolute atomic E-state index is 5.91. The van der Waals surface area contributed by atoms with E-state index >= 15 is 0 Å². The highest BCUT2D eigenvalue weighted by Crippen LogP contribution is 2.20. The Morgan fingerprint density at radius 2 is 2.29 bits per heavy atom. The molecular weight excluding hydrogens is 329 g/mol. The molecule has 2 aromatic rings. The molecule has 1 aromatic carbocycles. The van der Waals surface area contributed by atoms with Crippen LogP contribution in [-0.4, -0.2) is 21.3 Å². The van der Waals surface area contributed by atoms with Crippen molar-refractivity contribution in [3.8, 4) is 0 Å². The summed E-state index contributed by atoms with van der Waals surface area (Å²) in [6.07, 6.45) is 2.52. The number of benzene rings is 1. The SMILES string of the molecule is Cn1cnnc1CCNc1ccc(I)cc1N. The lowest BCUT2D eigenvalue weighted by molar-refractivity contribution is 0.788. The molecular formula is C11H14IN5. The van der Waals surface area contributed by atoms with Gasteiger partial charge in [-0.05, 0) is 40.8 Å². The highest BCUT2D eigenvalue weighted by molar-refractivity contribution is 14.1. The maximum Gasteiger partial charge on any atom is 0.134 e. The molecule has 0 aliphatic carbocycles. The van der Waals surface area contributed by atoms with Crippen molar-refractivity contribution in [2.75, 3.05) is 17.6 Å². The average molecular weight is 343 g/mol. The predicted molar refractivity (Wildman–Crippen MR) is 76.8 cm³/mol. The summed E-state index contributed by atoms with van der Waals surface area (Å²) in [6, 6.07) is 5.97. The molecule has 0 fully saturated rings. The highest BCUT2D eigenvalue weighted by Gasteiger charge is 2.02. The molecule has 5 nitrogen and oxygen atoms in total. The first kappa shape index (κ1) is 12.2. The summed E-state index contributed by atoms with van der Waals surface area (Å²) in [5.41, 5.74) is 7.65. The zero-order chi connectivity index (χ0) is 12.3. The lowest BCUT2D eigenvalue weighted by atomic mass is 10.2. The van der Waals surface area contributed by atoms with Gasteiger partial charge in [0.05, 0.1) is 11.4 Å². The molecule has 17 heavy (non-hydrogen) atoms. The van der Waals surface area contributed by atoms with Gasteiger partial charge in [-0.1, -0.05) is 0 Å². The van der Waals surface area contributed by atoms with Gasteiger partial charge in [-0.3, -0.25) is 0 Å². The van der Waals surface area contributed by atoms with E-state index in [-0.39, 0.29) is 0 Å². The molecule has 90 valence electrons. The minimum atomic E-state index is 0.773. The van der Waals surface area contributed by atoms with Gasteiger partial charge in [0.25, 0.3) is 0 Å². The van der Waals surface area contributed by atoms with Gasteiger partial charge in [-0.25, -0.2) is 0 Å². The van der Waals surface area contributed by atoms with Gasteiger partial charge in [0.2, 0.25) is 0 Å². The zero-order valence-electron chi connectivity index (χ0n) is 9.52. The van der Waals surface area contributed by atoms with Crippen molar-refractivity contribution >= 4 is 34.0 Å². The van der Waals surface area contributed by atoms with Gasteiger partial charge in [0.1, 0.15) is 12.2 Å². The molecule has 6 heteroatoms. The summed E-state index contributed by atoms with van der Waals surface area (Å²) in [6.45, 7) is 0.789. The Labute approximate surface area is 114 Å². The van der Waals surface area contributed by atoms with E-state index in [0.717, 1.165) is 33.7 Å². The van der Waals surface area contributed by atoms with E-state index in [1.165, 1.54) is 0 Å². The smallest absolute Gasteiger partial charge is 0.134 e. The number of aryl methyl sites for hydroxylation is 1. The van der Waals surface area contributed by atoms with E-state index in [9.17, 15) is 0 Å². The third kappa shape index (κ3) is 3.09. The topological polar surface area (TPSA) is 68.8 Å². The van der Waals surface area contributed by atoms with E-state index in [1.807, 2.05) is 29.8 Å². The second-order valence-electron chi connectivity index (χ2n) is 3.77. The van der Waals surface area contributed by atoms with E-state index in [4.69, 9.17) is 5.73 Å². The van der Waals surface area contributed by atoms with Crippen molar-refractivity contribution in [3.63, 3.8) is 0 Å². The number of nitrogens with zero attached hydrogens (tertiary/aromatic N) is 3. The maximum atomic E-state index is 5.91. The summed E-state index contributed by atoms with van der Waals surface area (Å²) < 4.78 is 3.05. The molecule has 0 spiro atoms.